The highest BCUT2D eigenvalue weighted by molar-refractivity contribution is 6.14. The Morgan fingerprint density at radius 2 is 2.09 bits per heavy atom. The van der Waals surface area contributed by atoms with Crippen LogP contribution in [0.3, 0.4) is 0 Å². The molecule has 0 saturated carbocycles. The van der Waals surface area contributed by atoms with Crippen molar-refractivity contribution in [2.45, 2.75) is 6.42 Å². The van der Waals surface area contributed by atoms with Crippen molar-refractivity contribution in [2.75, 3.05) is 52.2 Å². The van der Waals surface area contributed by atoms with E-state index in [-0.39, 0.29) is 11.5 Å². The Labute approximate surface area is 198 Å². The monoisotopic (exact) mass is 464 g/mol. The Morgan fingerprint density at radius 1 is 1.26 bits per heavy atom. The quantitative estimate of drug-likeness (QED) is 0.367. The predicted molar refractivity (Wildman–Crippen MR) is 130 cm³/mol. The molecular weight excluding hydrogens is 435 g/mol. The molecule has 1 fully saturated rings. The summed E-state index contributed by atoms with van der Waals surface area (Å²) in [5, 5.41) is 11.5. The summed E-state index contributed by atoms with van der Waals surface area (Å²) in [6.07, 6.45) is 5.43. The second-order valence-electron chi connectivity index (χ2n) is 8.17. The fraction of sp³-hybridized carbons (Fsp3) is 0.333. The highest BCUT2D eigenvalue weighted by Gasteiger charge is 2.16. The summed E-state index contributed by atoms with van der Waals surface area (Å²) in [5.41, 5.74) is 2.33. The molecule has 4 heterocycles. The van der Waals surface area contributed by atoms with Gasteiger partial charge in [0, 0.05) is 51.2 Å². The number of ether oxygens (including phenoxy) is 1. The van der Waals surface area contributed by atoms with Crippen molar-refractivity contribution in [2.24, 2.45) is 4.99 Å². The minimum absolute atomic E-state index is 0.0792. The number of H-pyrrole nitrogens is 1. The first-order chi connectivity index (χ1) is 16.5. The van der Waals surface area contributed by atoms with Crippen LogP contribution in [0.25, 0.3) is 0 Å². The van der Waals surface area contributed by atoms with Crippen LogP contribution in [0.4, 0.5) is 10.1 Å². The van der Waals surface area contributed by atoms with E-state index in [4.69, 9.17) is 10.1 Å². The molecular formula is C24H29FN8O. The molecule has 0 aliphatic carbocycles. The maximum atomic E-state index is 14.3. The predicted octanol–water partition coefficient (Wildman–Crippen LogP) is 2.63. The first kappa shape index (κ1) is 23.5. The standard InChI is InChI=1S/C24H29FN8O/c1-32-10-12-33(13-11-32)9-7-17-14-21(28-15-17)24(30-19-6-8-27-16-18(19)25)31-23(26)20-4-3-5-22(29-20)34-2/h3-6,8,14-16,28H,7,9-13H2,1-2H3,(H2,26,27,30,31). The molecule has 1 aliphatic heterocycles. The molecule has 3 N–H and O–H groups in total. The van der Waals surface area contributed by atoms with E-state index in [9.17, 15) is 4.39 Å². The molecule has 1 aliphatic rings. The number of amidine groups is 2. The van der Waals surface area contributed by atoms with Crippen molar-refractivity contribution in [1.29, 1.82) is 5.41 Å². The summed E-state index contributed by atoms with van der Waals surface area (Å²) in [6, 6.07) is 8.62. The largest absolute Gasteiger partial charge is 0.481 e. The van der Waals surface area contributed by atoms with Gasteiger partial charge in [-0.15, -0.1) is 0 Å². The number of methoxy groups -OCH3 is 1. The van der Waals surface area contributed by atoms with Crippen molar-refractivity contribution in [3.63, 3.8) is 0 Å². The molecule has 0 bridgehead atoms. The lowest BCUT2D eigenvalue weighted by atomic mass is 10.2. The van der Waals surface area contributed by atoms with E-state index in [1.807, 2.05) is 12.3 Å². The SMILES string of the molecule is COc1cccc(C(=N)/N=C(/Nc2ccncc2F)c2cc(CCN3CCN(C)CC3)c[nH]2)n1. The van der Waals surface area contributed by atoms with E-state index < -0.39 is 5.82 Å². The Kier molecular flexibility index (Phi) is 7.61. The molecule has 34 heavy (non-hydrogen) atoms. The van der Waals surface area contributed by atoms with E-state index >= 15 is 0 Å². The van der Waals surface area contributed by atoms with Gasteiger partial charge in [0.1, 0.15) is 5.69 Å². The second-order valence-corrected chi connectivity index (χ2v) is 8.17. The minimum atomic E-state index is -0.511. The molecule has 9 nitrogen and oxygen atoms in total. The van der Waals surface area contributed by atoms with Gasteiger partial charge in [-0.2, -0.15) is 0 Å². The zero-order chi connectivity index (χ0) is 23.9. The van der Waals surface area contributed by atoms with Gasteiger partial charge in [-0.25, -0.2) is 14.4 Å². The molecule has 3 aromatic rings. The third kappa shape index (κ3) is 6.03. The topological polar surface area (TPSA) is 106 Å². The third-order valence-electron chi connectivity index (χ3n) is 5.73. The van der Waals surface area contributed by atoms with Crippen LogP contribution in [0.2, 0.25) is 0 Å². The average molecular weight is 465 g/mol. The van der Waals surface area contributed by atoms with E-state index in [2.05, 4.69) is 42.1 Å². The number of pyridine rings is 2. The highest BCUT2D eigenvalue weighted by Crippen LogP contribution is 2.16. The smallest absolute Gasteiger partial charge is 0.213 e. The summed E-state index contributed by atoms with van der Waals surface area (Å²) < 4.78 is 19.5. The number of nitrogens with zero attached hydrogens (tertiary/aromatic N) is 5. The summed E-state index contributed by atoms with van der Waals surface area (Å²) in [4.78, 5) is 20.5. The van der Waals surface area contributed by atoms with Crippen LogP contribution in [0, 0.1) is 11.2 Å². The van der Waals surface area contributed by atoms with Crippen LogP contribution in [0.15, 0.2) is 53.9 Å². The lowest BCUT2D eigenvalue weighted by molar-refractivity contribution is 0.155. The molecule has 1 saturated heterocycles. The first-order valence-electron chi connectivity index (χ1n) is 11.2. The van der Waals surface area contributed by atoms with Crippen molar-refractivity contribution < 1.29 is 9.13 Å². The molecule has 3 aromatic heterocycles. The first-order valence-corrected chi connectivity index (χ1v) is 11.2. The number of anilines is 1. The van der Waals surface area contributed by atoms with Gasteiger partial charge >= 0.3 is 0 Å². The Bertz CT molecular complexity index is 1150. The van der Waals surface area contributed by atoms with Gasteiger partial charge in [0.05, 0.1) is 24.7 Å². The third-order valence-corrected chi connectivity index (χ3v) is 5.73. The van der Waals surface area contributed by atoms with Crippen molar-refractivity contribution >= 4 is 17.4 Å². The van der Waals surface area contributed by atoms with Crippen LogP contribution >= 0.6 is 0 Å². The second kappa shape index (κ2) is 11.0. The average Bonchev–Trinajstić information content (AvgIpc) is 3.33. The lowest BCUT2D eigenvalue weighted by Crippen LogP contribution is -2.45. The molecule has 0 aromatic carbocycles. The van der Waals surface area contributed by atoms with Gasteiger partial charge in [0.2, 0.25) is 5.88 Å². The molecule has 0 radical (unpaired) electrons. The van der Waals surface area contributed by atoms with Gasteiger partial charge in [-0.05, 0) is 37.2 Å². The molecule has 0 unspecified atom stereocenters. The van der Waals surface area contributed by atoms with Crippen molar-refractivity contribution in [1.82, 2.24) is 24.8 Å². The molecule has 0 amide bonds. The molecule has 178 valence electrons. The van der Waals surface area contributed by atoms with Crippen molar-refractivity contribution in [3.05, 3.63) is 71.7 Å². The number of aliphatic imine (C=N–C) groups is 1. The number of rotatable bonds is 7. The number of halogens is 1. The summed E-state index contributed by atoms with van der Waals surface area (Å²) >= 11 is 0. The number of nitrogens with one attached hydrogen (secondary N) is 3. The number of hydrogen-bond donors (Lipinski definition) is 3. The lowest BCUT2D eigenvalue weighted by Gasteiger charge is -2.32. The molecule has 0 spiro atoms. The number of hydrogen-bond acceptors (Lipinski definition) is 6. The van der Waals surface area contributed by atoms with Crippen LogP contribution in [0.1, 0.15) is 17.0 Å². The normalized spacial score (nSPS) is 15.3. The van der Waals surface area contributed by atoms with E-state index in [1.54, 1.807) is 18.2 Å². The zero-order valence-electron chi connectivity index (χ0n) is 19.4. The van der Waals surface area contributed by atoms with Crippen LogP contribution in [-0.2, 0) is 6.42 Å². The highest BCUT2D eigenvalue weighted by atomic mass is 19.1. The van der Waals surface area contributed by atoms with E-state index in [1.165, 1.54) is 19.4 Å². The maximum Gasteiger partial charge on any atom is 0.213 e. The number of aromatic amines is 1. The van der Waals surface area contributed by atoms with Crippen LogP contribution in [-0.4, -0.2) is 83.3 Å². The summed E-state index contributed by atoms with van der Waals surface area (Å²) in [6.45, 7) is 5.25. The van der Waals surface area contributed by atoms with Crippen LogP contribution in [0.5, 0.6) is 5.88 Å². The Hall–Kier alpha value is -3.63. The zero-order valence-corrected chi connectivity index (χ0v) is 19.4. The van der Waals surface area contributed by atoms with Gasteiger partial charge < -0.3 is 24.8 Å². The summed E-state index contributed by atoms with van der Waals surface area (Å²) in [7, 11) is 3.66. The summed E-state index contributed by atoms with van der Waals surface area (Å²) in [5.74, 6) is 0.108. The fourth-order valence-corrected chi connectivity index (χ4v) is 3.67. The molecule has 0 atom stereocenters. The van der Waals surface area contributed by atoms with Gasteiger partial charge in [-0.3, -0.25) is 10.4 Å². The van der Waals surface area contributed by atoms with Gasteiger partial charge in [0.15, 0.2) is 17.5 Å². The van der Waals surface area contributed by atoms with Crippen LogP contribution < -0.4 is 10.1 Å². The molecule has 4 rings (SSSR count). The fourth-order valence-electron chi connectivity index (χ4n) is 3.67. The minimum Gasteiger partial charge on any atom is -0.481 e. The number of piperazine rings is 1. The maximum absolute atomic E-state index is 14.3. The number of aromatic nitrogens is 3. The molecule has 10 heteroatoms. The van der Waals surface area contributed by atoms with Gasteiger partial charge in [0.25, 0.3) is 0 Å². The van der Waals surface area contributed by atoms with Crippen molar-refractivity contribution in [3.8, 4) is 5.88 Å². The Balaban J connectivity index is 1.55. The number of likely N-dealkylation sites (N-methyl/N-ethyl adjacent to an activating group) is 1. The van der Waals surface area contributed by atoms with E-state index in [0.29, 0.717) is 23.1 Å². The van der Waals surface area contributed by atoms with Gasteiger partial charge in [-0.1, -0.05) is 6.07 Å². The van der Waals surface area contributed by atoms with E-state index in [0.717, 1.165) is 50.9 Å². The Morgan fingerprint density at radius 3 is 2.85 bits per heavy atom.